The number of likely N-dealkylation sites (tertiary alicyclic amines) is 1. The maximum atomic E-state index is 12.9. The van der Waals surface area contributed by atoms with Crippen LogP contribution in [0.15, 0.2) is 60.0 Å². The van der Waals surface area contributed by atoms with Crippen molar-refractivity contribution in [1.82, 2.24) is 9.88 Å². The first-order valence-electron chi connectivity index (χ1n) is 9.56. The van der Waals surface area contributed by atoms with Crippen LogP contribution >= 0.6 is 0 Å². The highest BCUT2D eigenvalue weighted by molar-refractivity contribution is 6.40. The van der Waals surface area contributed by atoms with Crippen molar-refractivity contribution >= 4 is 23.3 Å². The molecule has 2 unspecified atom stereocenters. The summed E-state index contributed by atoms with van der Waals surface area (Å²) in [5.74, 6) is -1.22. The lowest BCUT2D eigenvalue weighted by Crippen LogP contribution is -2.37. The van der Waals surface area contributed by atoms with Crippen molar-refractivity contribution in [3.8, 4) is 0 Å². The molecule has 1 fully saturated rings. The minimum Gasteiger partial charge on any atom is -0.480 e. The summed E-state index contributed by atoms with van der Waals surface area (Å²) in [6.07, 6.45) is 4.23. The molecule has 2 aliphatic rings. The predicted octanol–water partition coefficient (Wildman–Crippen LogP) is 1.92. The van der Waals surface area contributed by atoms with Crippen molar-refractivity contribution in [2.75, 3.05) is 18.1 Å². The van der Waals surface area contributed by atoms with Gasteiger partial charge in [0, 0.05) is 31.9 Å². The number of aromatic nitrogens is 1. The number of hydrogen-bond donors (Lipinski definition) is 1. The van der Waals surface area contributed by atoms with Crippen molar-refractivity contribution in [2.24, 2.45) is 5.10 Å². The summed E-state index contributed by atoms with van der Waals surface area (Å²) < 4.78 is 5.92. The zero-order chi connectivity index (χ0) is 20.2. The van der Waals surface area contributed by atoms with E-state index in [1.54, 1.807) is 29.4 Å². The number of anilines is 1. The fourth-order valence-electron chi connectivity index (χ4n) is 3.57. The highest BCUT2D eigenvalue weighted by Crippen LogP contribution is 2.26. The monoisotopic (exact) mass is 394 g/mol. The quantitative estimate of drug-likeness (QED) is 0.804. The Kier molecular flexibility index (Phi) is 5.53. The van der Waals surface area contributed by atoms with E-state index in [4.69, 9.17) is 4.74 Å². The molecule has 0 spiro atoms. The molecular weight excluding hydrogens is 372 g/mol. The van der Waals surface area contributed by atoms with Crippen LogP contribution in [0.1, 0.15) is 18.4 Å². The zero-order valence-corrected chi connectivity index (χ0v) is 15.8. The van der Waals surface area contributed by atoms with Gasteiger partial charge in [0.15, 0.2) is 6.04 Å². The Labute approximate surface area is 168 Å². The number of nitrogens with zero attached hydrogens (tertiary/aromatic N) is 4. The van der Waals surface area contributed by atoms with E-state index < -0.39 is 12.0 Å². The van der Waals surface area contributed by atoms with E-state index >= 15 is 0 Å². The topological polar surface area (TPSA) is 95.3 Å². The third-order valence-electron chi connectivity index (χ3n) is 5.13. The summed E-state index contributed by atoms with van der Waals surface area (Å²) in [5.41, 5.74) is 1.96. The molecule has 4 rings (SSSR count). The van der Waals surface area contributed by atoms with Crippen molar-refractivity contribution in [3.63, 3.8) is 0 Å². The SMILES string of the molecule is O=C(O)C1CC(C(=O)N2CCC(OCc3ccncc3)C2)=NN1c1ccccc1. The van der Waals surface area contributed by atoms with Gasteiger partial charge in [0.05, 0.1) is 18.4 Å². The van der Waals surface area contributed by atoms with Gasteiger partial charge in [-0.2, -0.15) is 5.10 Å². The van der Waals surface area contributed by atoms with Gasteiger partial charge in [0.2, 0.25) is 0 Å². The van der Waals surface area contributed by atoms with Crippen LogP contribution in [0.4, 0.5) is 5.69 Å². The van der Waals surface area contributed by atoms with Crippen molar-refractivity contribution < 1.29 is 19.4 Å². The normalized spacial score (nSPS) is 21.3. The summed E-state index contributed by atoms with van der Waals surface area (Å²) in [6.45, 7) is 1.52. The van der Waals surface area contributed by atoms with E-state index in [1.165, 1.54) is 5.01 Å². The maximum Gasteiger partial charge on any atom is 0.328 e. The van der Waals surface area contributed by atoms with Gasteiger partial charge in [0.1, 0.15) is 5.71 Å². The van der Waals surface area contributed by atoms with E-state index in [1.807, 2.05) is 30.3 Å². The first-order valence-corrected chi connectivity index (χ1v) is 9.56. The smallest absolute Gasteiger partial charge is 0.328 e. The summed E-state index contributed by atoms with van der Waals surface area (Å²) in [6, 6.07) is 12.0. The summed E-state index contributed by atoms with van der Waals surface area (Å²) >= 11 is 0. The van der Waals surface area contributed by atoms with Gasteiger partial charge in [-0.1, -0.05) is 18.2 Å². The van der Waals surface area contributed by atoms with Crippen LogP contribution in [-0.4, -0.2) is 57.8 Å². The first-order chi connectivity index (χ1) is 14.1. The summed E-state index contributed by atoms with van der Waals surface area (Å²) in [7, 11) is 0. The molecule has 1 aromatic heterocycles. The number of hydrogen-bond acceptors (Lipinski definition) is 6. The molecule has 8 nitrogen and oxygen atoms in total. The summed E-state index contributed by atoms with van der Waals surface area (Å²) in [4.78, 5) is 30.3. The van der Waals surface area contributed by atoms with Crippen molar-refractivity contribution in [2.45, 2.75) is 31.6 Å². The van der Waals surface area contributed by atoms with Gasteiger partial charge < -0.3 is 14.7 Å². The lowest BCUT2D eigenvalue weighted by Gasteiger charge is -2.19. The van der Waals surface area contributed by atoms with Gasteiger partial charge in [-0.05, 0) is 36.2 Å². The molecule has 3 heterocycles. The van der Waals surface area contributed by atoms with Crippen LogP contribution in [0, 0.1) is 0 Å². The van der Waals surface area contributed by atoms with Crippen molar-refractivity contribution in [3.05, 3.63) is 60.4 Å². The number of benzene rings is 1. The Morgan fingerprint density at radius 3 is 2.62 bits per heavy atom. The molecule has 1 amide bonds. The zero-order valence-electron chi connectivity index (χ0n) is 15.8. The third kappa shape index (κ3) is 4.27. The maximum absolute atomic E-state index is 12.9. The highest BCUT2D eigenvalue weighted by Gasteiger charge is 2.39. The lowest BCUT2D eigenvalue weighted by atomic mass is 10.1. The van der Waals surface area contributed by atoms with Crippen LogP contribution in [0.25, 0.3) is 0 Å². The minimum atomic E-state index is -1.000. The van der Waals surface area contributed by atoms with Crippen LogP contribution in [0.2, 0.25) is 0 Å². The molecular formula is C21H22N4O4. The fourth-order valence-corrected chi connectivity index (χ4v) is 3.57. The standard InChI is InChI=1S/C21H22N4O4/c26-20(24-11-8-17(13-24)29-14-15-6-9-22-10-7-15)18-12-19(21(27)28)25(23-18)16-4-2-1-3-5-16/h1-7,9-10,17,19H,8,11-14H2,(H,27,28). The second-order valence-corrected chi connectivity index (χ2v) is 7.11. The van der Waals surface area contributed by atoms with Gasteiger partial charge in [0.25, 0.3) is 5.91 Å². The number of ether oxygens (including phenoxy) is 1. The molecule has 1 aromatic carbocycles. The van der Waals surface area contributed by atoms with E-state index in [0.29, 0.717) is 25.4 Å². The molecule has 2 aliphatic heterocycles. The molecule has 8 heteroatoms. The van der Waals surface area contributed by atoms with Crippen molar-refractivity contribution in [1.29, 1.82) is 0 Å². The number of carbonyl (C=O) groups excluding carboxylic acids is 1. The number of carbonyl (C=O) groups is 2. The lowest BCUT2D eigenvalue weighted by molar-refractivity contribution is -0.138. The molecule has 1 N–H and O–H groups in total. The average Bonchev–Trinajstić information content (AvgIpc) is 3.41. The molecule has 0 saturated carbocycles. The Morgan fingerprint density at radius 2 is 1.90 bits per heavy atom. The first kappa shape index (κ1) is 19.1. The number of hydrazone groups is 1. The number of rotatable bonds is 6. The number of pyridine rings is 1. The molecule has 0 radical (unpaired) electrons. The number of aliphatic carboxylic acids is 1. The van der Waals surface area contributed by atoms with Gasteiger partial charge in [-0.25, -0.2) is 4.79 Å². The van der Waals surface area contributed by atoms with Gasteiger partial charge in [-0.15, -0.1) is 0 Å². The molecule has 0 aliphatic carbocycles. The molecule has 2 aromatic rings. The number of para-hydroxylation sites is 1. The van der Waals surface area contributed by atoms with E-state index in [-0.39, 0.29) is 24.1 Å². The third-order valence-corrected chi connectivity index (χ3v) is 5.13. The van der Waals surface area contributed by atoms with E-state index in [0.717, 1.165) is 12.0 Å². The van der Waals surface area contributed by atoms with Gasteiger partial charge >= 0.3 is 5.97 Å². The predicted molar refractivity (Wildman–Crippen MR) is 106 cm³/mol. The molecule has 2 atom stereocenters. The highest BCUT2D eigenvalue weighted by atomic mass is 16.5. The largest absolute Gasteiger partial charge is 0.480 e. The Bertz CT molecular complexity index is 903. The minimum absolute atomic E-state index is 0.0467. The fraction of sp³-hybridized carbons (Fsp3) is 0.333. The Morgan fingerprint density at radius 1 is 1.14 bits per heavy atom. The Hall–Kier alpha value is -3.26. The molecule has 0 bridgehead atoms. The summed E-state index contributed by atoms with van der Waals surface area (Å²) in [5, 5.41) is 15.3. The van der Waals surface area contributed by atoms with Crippen LogP contribution in [-0.2, 0) is 20.9 Å². The second kappa shape index (κ2) is 8.40. The Balaban J connectivity index is 1.39. The van der Waals surface area contributed by atoms with E-state index in [9.17, 15) is 14.7 Å². The number of amides is 1. The number of carboxylic acid groups (broad SMARTS) is 1. The van der Waals surface area contributed by atoms with E-state index in [2.05, 4.69) is 10.1 Å². The molecule has 29 heavy (non-hydrogen) atoms. The average molecular weight is 394 g/mol. The van der Waals surface area contributed by atoms with Crippen LogP contribution in [0.5, 0.6) is 0 Å². The van der Waals surface area contributed by atoms with Crippen LogP contribution in [0.3, 0.4) is 0 Å². The van der Waals surface area contributed by atoms with Crippen LogP contribution < -0.4 is 5.01 Å². The van der Waals surface area contributed by atoms with Gasteiger partial charge in [-0.3, -0.25) is 14.8 Å². The second-order valence-electron chi connectivity index (χ2n) is 7.11. The molecule has 1 saturated heterocycles. The molecule has 150 valence electrons. The number of carboxylic acids is 1.